The highest BCUT2D eigenvalue weighted by Crippen LogP contribution is 2.30. The van der Waals surface area contributed by atoms with Gasteiger partial charge in [0, 0.05) is 32.2 Å². The van der Waals surface area contributed by atoms with E-state index in [1.165, 1.54) is 10.1 Å². The van der Waals surface area contributed by atoms with E-state index in [0.29, 0.717) is 56.2 Å². The zero-order valence-corrected chi connectivity index (χ0v) is 22.9. The smallest absolute Gasteiger partial charge is 0.296 e. The highest BCUT2D eigenvalue weighted by Gasteiger charge is 2.27. The van der Waals surface area contributed by atoms with Crippen LogP contribution in [0.3, 0.4) is 0 Å². The van der Waals surface area contributed by atoms with Crippen molar-refractivity contribution in [1.29, 1.82) is 0 Å². The van der Waals surface area contributed by atoms with Crippen molar-refractivity contribution in [2.45, 2.75) is 32.4 Å². The minimum atomic E-state index is -2.82. The molecule has 4 heterocycles. The summed E-state index contributed by atoms with van der Waals surface area (Å²) in [4.78, 5) is 30.8. The molecular formula is C29H31F2N7O3. The van der Waals surface area contributed by atoms with Gasteiger partial charge in [-0.25, -0.2) is 13.8 Å². The van der Waals surface area contributed by atoms with Crippen LogP contribution in [0.2, 0.25) is 0 Å². The first-order valence-corrected chi connectivity index (χ1v) is 13.6. The summed E-state index contributed by atoms with van der Waals surface area (Å²) in [6, 6.07) is 13.9. The van der Waals surface area contributed by atoms with Gasteiger partial charge in [-0.1, -0.05) is 18.2 Å². The Hall–Kier alpha value is -4.32. The lowest BCUT2D eigenvalue weighted by Gasteiger charge is -2.31. The van der Waals surface area contributed by atoms with Crippen LogP contribution in [0.5, 0.6) is 5.75 Å². The number of aromatic nitrogens is 4. The van der Waals surface area contributed by atoms with Gasteiger partial charge in [0.15, 0.2) is 5.82 Å². The SMILES string of the molecule is COc1ccc2c(c1)CN(C(=O)[C@H](C)Nc1nc(N3CCOCC3)cc(-n3c(C(F)F)nc4ccccc43)n1)CC2. The standard InChI is InChI=1S/C29H31F2N7O3/c1-18(28(39)37-10-9-19-7-8-21(40-2)15-20(19)17-37)32-29-34-24(36-11-13-41-14-12-36)16-25(35-29)38-23-6-4-3-5-22(23)33-27(38)26(30)31/h3-8,15-16,18,26H,9-14,17H2,1-2H3,(H,32,34,35)/t18-/m0/s1. The molecule has 0 spiro atoms. The number of halogens is 2. The van der Waals surface area contributed by atoms with Gasteiger partial charge >= 0.3 is 0 Å². The Labute approximate surface area is 235 Å². The van der Waals surface area contributed by atoms with E-state index in [1.807, 2.05) is 23.1 Å². The summed E-state index contributed by atoms with van der Waals surface area (Å²) in [7, 11) is 1.62. The number of nitrogens with zero attached hydrogens (tertiary/aromatic N) is 6. The molecule has 12 heteroatoms. The molecule has 4 aromatic rings. The third-order valence-corrected chi connectivity index (χ3v) is 7.50. The van der Waals surface area contributed by atoms with E-state index in [0.717, 1.165) is 17.7 Å². The Morgan fingerprint density at radius 2 is 1.78 bits per heavy atom. The number of amides is 1. The number of nitrogens with one attached hydrogen (secondary N) is 1. The van der Waals surface area contributed by atoms with Gasteiger partial charge in [-0.15, -0.1) is 0 Å². The van der Waals surface area contributed by atoms with Crippen molar-refractivity contribution >= 4 is 28.7 Å². The lowest BCUT2D eigenvalue weighted by atomic mass is 9.99. The van der Waals surface area contributed by atoms with Gasteiger partial charge < -0.3 is 24.6 Å². The van der Waals surface area contributed by atoms with Crippen LogP contribution >= 0.6 is 0 Å². The molecule has 0 radical (unpaired) electrons. The zero-order chi connectivity index (χ0) is 28.5. The second-order valence-corrected chi connectivity index (χ2v) is 10.1. The van der Waals surface area contributed by atoms with E-state index in [1.54, 1.807) is 49.3 Å². The molecule has 0 bridgehead atoms. The van der Waals surface area contributed by atoms with Crippen LogP contribution in [-0.2, 0) is 22.5 Å². The van der Waals surface area contributed by atoms with E-state index in [-0.39, 0.29) is 17.7 Å². The summed E-state index contributed by atoms with van der Waals surface area (Å²) in [6.07, 6.45) is -2.07. The van der Waals surface area contributed by atoms with Crippen molar-refractivity contribution in [1.82, 2.24) is 24.4 Å². The van der Waals surface area contributed by atoms with Gasteiger partial charge in [-0.3, -0.25) is 9.36 Å². The Kier molecular flexibility index (Phi) is 7.39. The van der Waals surface area contributed by atoms with Gasteiger partial charge in [0.05, 0.1) is 31.4 Å². The highest BCUT2D eigenvalue weighted by atomic mass is 19.3. The van der Waals surface area contributed by atoms with Crippen molar-refractivity contribution < 1.29 is 23.0 Å². The molecule has 2 aromatic carbocycles. The number of carbonyl (C=O) groups excluding carboxylic acids is 1. The van der Waals surface area contributed by atoms with Crippen molar-refractivity contribution in [2.75, 3.05) is 50.2 Å². The third-order valence-electron chi connectivity index (χ3n) is 7.50. The monoisotopic (exact) mass is 563 g/mol. The van der Waals surface area contributed by atoms with E-state index in [4.69, 9.17) is 9.47 Å². The average molecular weight is 564 g/mol. The molecule has 2 aromatic heterocycles. The Balaban J connectivity index is 1.32. The molecule has 1 atom stereocenters. The molecule has 1 fully saturated rings. The quantitative estimate of drug-likeness (QED) is 0.361. The summed E-state index contributed by atoms with van der Waals surface area (Å²) in [5.41, 5.74) is 3.20. The largest absolute Gasteiger partial charge is 0.497 e. The molecule has 10 nitrogen and oxygen atoms in total. The van der Waals surface area contributed by atoms with Crippen LogP contribution in [-0.4, -0.2) is 76.3 Å². The van der Waals surface area contributed by atoms with Crippen molar-refractivity contribution in [3.63, 3.8) is 0 Å². The maximum atomic E-state index is 14.2. The Bertz CT molecular complexity index is 1570. The molecule has 6 rings (SSSR count). The summed E-state index contributed by atoms with van der Waals surface area (Å²) in [5.74, 6) is 1.20. The molecule has 2 aliphatic rings. The van der Waals surface area contributed by atoms with Crippen LogP contribution < -0.4 is 15.0 Å². The number of alkyl halides is 2. The number of morpholine rings is 1. The van der Waals surface area contributed by atoms with E-state index in [9.17, 15) is 13.6 Å². The number of rotatable bonds is 7. The van der Waals surface area contributed by atoms with Crippen LogP contribution in [0.1, 0.15) is 30.3 Å². The first kappa shape index (κ1) is 26.9. The summed E-state index contributed by atoms with van der Waals surface area (Å²) in [5, 5.41) is 3.15. The first-order chi connectivity index (χ1) is 19.9. The van der Waals surface area contributed by atoms with Crippen LogP contribution in [0.25, 0.3) is 16.9 Å². The topological polar surface area (TPSA) is 97.6 Å². The average Bonchev–Trinajstić information content (AvgIpc) is 3.40. The number of benzene rings is 2. The Morgan fingerprint density at radius 1 is 1.00 bits per heavy atom. The maximum absolute atomic E-state index is 14.2. The molecule has 1 amide bonds. The molecule has 1 saturated heterocycles. The number of methoxy groups -OCH3 is 1. The molecule has 0 unspecified atom stereocenters. The Morgan fingerprint density at radius 3 is 2.56 bits per heavy atom. The fourth-order valence-electron chi connectivity index (χ4n) is 5.37. The van der Waals surface area contributed by atoms with Crippen molar-refractivity contribution in [3.05, 3.63) is 65.5 Å². The molecular weight excluding hydrogens is 532 g/mol. The number of imidazole rings is 1. The van der Waals surface area contributed by atoms with Crippen LogP contribution in [0, 0.1) is 0 Å². The summed E-state index contributed by atoms with van der Waals surface area (Å²) >= 11 is 0. The van der Waals surface area contributed by atoms with Gasteiger partial charge in [-0.2, -0.15) is 9.97 Å². The van der Waals surface area contributed by atoms with Crippen LogP contribution in [0.15, 0.2) is 48.5 Å². The lowest BCUT2D eigenvalue weighted by molar-refractivity contribution is -0.132. The van der Waals surface area contributed by atoms with Gasteiger partial charge in [0.1, 0.15) is 23.4 Å². The molecule has 1 N–H and O–H groups in total. The second-order valence-electron chi connectivity index (χ2n) is 10.1. The minimum absolute atomic E-state index is 0.109. The number of fused-ring (bicyclic) bond motifs is 2. The number of carbonyl (C=O) groups is 1. The molecule has 2 aliphatic heterocycles. The number of para-hydroxylation sites is 2. The predicted octanol–water partition coefficient (Wildman–Crippen LogP) is 3.98. The second kappa shape index (κ2) is 11.3. The van der Waals surface area contributed by atoms with Crippen molar-refractivity contribution in [3.8, 4) is 11.6 Å². The zero-order valence-electron chi connectivity index (χ0n) is 22.9. The maximum Gasteiger partial charge on any atom is 0.296 e. The number of hydrogen-bond acceptors (Lipinski definition) is 8. The van der Waals surface area contributed by atoms with E-state index in [2.05, 4.69) is 20.3 Å². The fraction of sp³-hybridized carbons (Fsp3) is 0.379. The molecule has 0 aliphatic carbocycles. The number of anilines is 2. The van der Waals surface area contributed by atoms with Crippen LogP contribution in [0.4, 0.5) is 20.5 Å². The molecule has 214 valence electrons. The summed E-state index contributed by atoms with van der Waals surface area (Å²) < 4.78 is 40.5. The lowest BCUT2D eigenvalue weighted by Crippen LogP contribution is -2.44. The highest BCUT2D eigenvalue weighted by molar-refractivity contribution is 5.84. The van der Waals surface area contributed by atoms with Gasteiger partial charge in [-0.05, 0) is 48.7 Å². The fourth-order valence-corrected chi connectivity index (χ4v) is 5.37. The number of ether oxygens (including phenoxy) is 2. The summed E-state index contributed by atoms with van der Waals surface area (Å²) in [6.45, 7) is 5.04. The molecule has 41 heavy (non-hydrogen) atoms. The molecule has 0 saturated carbocycles. The van der Waals surface area contributed by atoms with Gasteiger partial charge in [0.2, 0.25) is 11.9 Å². The third kappa shape index (κ3) is 5.39. The van der Waals surface area contributed by atoms with Crippen molar-refractivity contribution in [2.24, 2.45) is 0 Å². The van der Waals surface area contributed by atoms with Gasteiger partial charge in [0.25, 0.3) is 6.43 Å². The van der Waals surface area contributed by atoms with E-state index < -0.39 is 18.3 Å². The minimum Gasteiger partial charge on any atom is -0.497 e. The normalized spacial score (nSPS) is 16.1. The number of hydrogen-bond donors (Lipinski definition) is 1. The predicted molar refractivity (Wildman–Crippen MR) is 150 cm³/mol. The van der Waals surface area contributed by atoms with E-state index >= 15 is 0 Å². The first-order valence-electron chi connectivity index (χ1n) is 13.6.